The Morgan fingerprint density at radius 1 is 1.27 bits per heavy atom. The molecule has 1 aromatic rings. The van der Waals surface area contributed by atoms with Gasteiger partial charge in [-0.25, -0.2) is 4.39 Å². The summed E-state index contributed by atoms with van der Waals surface area (Å²) in [5.74, 6) is -0.440. The number of halogens is 1. The molecular weight excluding hydrogens is 335 g/mol. The lowest BCUT2D eigenvalue weighted by molar-refractivity contribution is -0.160. The van der Waals surface area contributed by atoms with Crippen LogP contribution in [0.5, 0.6) is 0 Å². The van der Waals surface area contributed by atoms with Crippen LogP contribution in [-0.4, -0.2) is 37.1 Å². The second-order valence-corrected chi connectivity index (χ2v) is 8.20. The van der Waals surface area contributed by atoms with Crippen molar-refractivity contribution in [1.82, 2.24) is 5.32 Å². The number of hydrogen-bond donors (Lipinski definition) is 1. The molecule has 2 aliphatic heterocycles. The van der Waals surface area contributed by atoms with Crippen molar-refractivity contribution in [1.29, 1.82) is 0 Å². The molecule has 3 rings (SSSR count). The van der Waals surface area contributed by atoms with Crippen LogP contribution in [0.25, 0.3) is 0 Å². The van der Waals surface area contributed by atoms with E-state index in [1.807, 2.05) is 20.8 Å². The van der Waals surface area contributed by atoms with E-state index in [9.17, 15) is 14.0 Å². The van der Waals surface area contributed by atoms with Crippen molar-refractivity contribution in [2.75, 3.05) is 24.5 Å². The summed E-state index contributed by atoms with van der Waals surface area (Å²) in [7, 11) is 0. The number of hydrogen-bond acceptors (Lipinski definition) is 4. The van der Waals surface area contributed by atoms with Crippen LogP contribution >= 0.6 is 0 Å². The molecule has 2 heterocycles. The maximum atomic E-state index is 13.9. The maximum Gasteiger partial charge on any atom is 0.309 e. The standard InChI is InChI=1S/C20H27FN2O3/c1-20(2,3)26-19(25)13-6-8-23(9-7-13)17-11-15(21)4-5-16(17)14-10-18(24)22-12-14/h4-5,11,13-14H,6-10,12H2,1-3H3,(H,22,24). The fourth-order valence-corrected chi connectivity index (χ4v) is 3.70. The van der Waals surface area contributed by atoms with Gasteiger partial charge in [0.05, 0.1) is 5.92 Å². The molecule has 1 atom stereocenters. The zero-order valence-corrected chi connectivity index (χ0v) is 15.7. The lowest BCUT2D eigenvalue weighted by Gasteiger charge is -2.35. The zero-order chi connectivity index (χ0) is 18.9. The number of esters is 1. The second-order valence-electron chi connectivity index (χ2n) is 8.20. The first-order chi connectivity index (χ1) is 12.2. The Labute approximate surface area is 153 Å². The smallest absolute Gasteiger partial charge is 0.309 e. The van der Waals surface area contributed by atoms with E-state index in [0.29, 0.717) is 38.9 Å². The minimum Gasteiger partial charge on any atom is -0.460 e. The average molecular weight is 362 g/mol. The Bertz CT molecular complexity index is 691. The van der Waals surface area contributed by atoms with E-state index >= 15 is 0 Å². The van der Waals surface area contributed by atoms with Gasteiger partial charge in [0.2, 0.25) is 5.91 Å². The average Bonchev–Trinajstić information content (AvgIpc) is 2.99. The van der Waals surface area contributed by atoms with Gasteiger partial charge in [-0.05, 0) is 51.3 Å². The van der Waals surface area contributed by atoms with Crippen molar-refractivity contribution in [2.24, 2.45) is 5.92 Å². The minimum atomic E-state index is -0.480. The summed E-state index contributed by atoms with van der Waals surface area (Å²) < 4.78 is 19.4. The lowest BCUT2D eigenvalue weighted by atomic mass is 9.92. The van der Waals surface area contributed by atoms with Gasteiger partial charge in [-0.1, -0.05) is 6.07 Å². The monoisotopic (exact) mass is 362 g/mol. The third-order valence-electron chi connectivity index (χ3n) is 4.99. The van der Waals surface area contributed by atoms with Crippen LogP contribution < -0.4 is 10.2 Å². The molecule has 6 heteroatoms. The Morgan fingerprint density at radius 3 is 2.54 bits per heavy atom. The summed E-state index contributed by atoms with van der Waals surface area (Å²) in [6.45, 7) is 7.55. The molecule has 1 N–H and O–H groups in total. The molecule has 0 aromatic heterocycles. The normalized spacial score (nSPS) is 21.6. The van der Waals surface area contributed by atoms with E-state index in [2.05, 4.69) is 10.2 Å². The summed E-state index contributed by atoms with van der Waals surface area (Å²) in [6, 6.07) is 4.79. The van der Waals surface area contributed by atoms with Crippen molar-refractivity contribution < 1.29 is 18.7 Å². The number of amides is 1. The summed E-state index contributed by atoms with van der Waals surface area (Å²) in [5.41, 5.74) is 1.36. The van der Waals surface area contributed by atoms with Crippen molar-refractivity contribution in [3.05, 3.63) is 29.6 Å². The Hall–Kier alpha value is -2.11. The molecule has 1 amide bonds. The second kappa shape index (κ2) is 7.25. The SMILES string of the molecule is CC(C)(C)OC(=O)C1CCN(c2cc(F)ccc2C2CNC(=O)C2)CC1. The highest BCUT2D eigenvalue weighted by atomic mass is 19.1. The highest BCUT2D eigenvalue weighted by Gasteiger charge is 2.32. The fraction of sp³-hybridized carbons (Fsp3) is 0.600. The molecule has 0 radical (unpaired) electrons. The van der Waals surface area contributed by atoms with E-state index in [1.54, 1.807) is 12.1 Å². The molecule has 1 aromatic carbocycles. The number of carbonyl (C=O) groups is 2. The van der Waals surface area contributed by atoms with Crippen LogP contribution in [0, 0.1) is 11.7 Å². The quantitative estimate of drug-likeness (QED) is 0.840. The van der Waals surface area contributed by atoms with Gasteiger partial charge in [0.25, 0.3) is 0 Å². The first kappa shape index (κ1) is 18.7. The van der Waals surface area contributed by atoms with E-state index < -0.39 is 5.60 Å². The number of benzene rings is 1. The number of rotatable bonds is 3. The van der Waals surface area contributed by atoms with Gasteiger partial charge >= 0.3 is 5.97 Å². The van der Waals surface area contributed by atoms with Gasteiger partial charge in [-0.2, -0.15) is 0 Å². The van der Waals surface area contributed by atoms with Gasteiger partial charge in [0.1, 0.15) is 11.4 Å². The maximum absolute atomic E-state index is 13.9. The lowest BCUT2D eigenvalue weighted by Crippen LogP contribution is -2.39. The molecule has 26 heavy (non-hydrogen) atoms. The number of carbonyl (C=O) groups excluding carboxylic acids is 2. The summed E-state index contributed by atoms with van der Waals surface area (Å²) in [6.07, 6.45) is 1.81. The first-order valence-electron chi connectivity index (χ1n) is 9.27. The molecular formula is C20H27FN2O3. The van der Waals surface area contributed by atoms with Crippen LogP contribution in [0.1, 0.15) is 51.5 Å². The predicted molar refractivity (Wildman–Crippen MR) is 97.5 cm³/mol. The molecule has 0 aliphatic carbocycles. The third-order valence-corrected chi connectivity index (χ3v) is 4.99. The first-order valence-corrected chi connectivity index (χ1v) is 9.27. The molecule has 0 bridgehead atoms. The molecule has 2 fully saturated rings. The molecule has 2 aliphatic rings. The number of ether oxygens (including phenoxy) is 1. The van der Waals surface area contributed by atoms with Crippen LogP contribution in [0.2, 0.25) is 0 Å². The van der Waals surface area contributed by atoms with Crippen molar-refractivity contribution in [3.63, 3.8) is 0 Å². The third kappa shape index (κ3) is 4.34. The van der Waals surface area contributed by atoms with Crippen LogP contribution in [0.3, 0.4) is 0 Å². The van der Waals surface area contributed by atoms with Crippen LogP contribution in [0.15, 0.2) is 18.2 Å². The van der Waals surface area contributed by atoms with E-state index in [0.717, 1.165) is 11.3 Å². The molecule has 0 spiro atoms. The topological polar surface area (TPSA) is 58.6 Å². The van der Waals surface area contributed by atoms with Gasteiger partial charge < -0.3 is 15.0 Å². The van der Waals surface area contributed by atoms with Gasteiger partial charge in [0, 0.05) is 37.7 Å². The van der Waals surface area contributed by atoms with E-state index in [4.69, 9.17) is 4.74 Å². The van der Waals surface area contributed by atoms with Crippen LogP contribution in [0.4, 0.5) is 10.1 Å². The zero-order valence-electron chi connectivity index (χ0n) is 15.7. The van der Waals surface area contributed by atoms with E-state index in [-0.39, 0.29) is 29.5 Å². The highest BCUT2D eigenvalue weighted by Crippen LogP contribution is 2.35. The fourth-order valence-electron chi connectivity index (χ4n) is 3.70. The highest BCUT2D eigenvalue weighted by molar-refractivity contribution is 5.80. The molecule has 2 saturated heterocycles. The molecule has 5 nitrogen and oxygen atoms in total. The summed E-state index contributed by atoms with van der Waals surface area (Å²) >= 11 is 0. The largest absolute Gasteiger partial charge is 0.460 e. The number of nitrogens with one attached hydrogen (secondary N) is 1. The van der Waals surface area contributed by atoms with Gasteiger partial charge in [-0.3, -0.25) is 9.59 Å². The van der Waals surface area contributed by atoms with Crippen LogP contribution in [-0.2, 0) is 14.3 Å². The Kier molecular flexibility index (Phi) is 5.21. The number of anilines is 1. The van der Waals surface area contributed by atoms with Crippen molar-refractivity contribution >= 4 is 17.6 Å². The van der Waals surface area contributed by atoms with Gasteiger partial charge in [-0.15, -0.1) is 0 Å². The molecule has 1 unspecified atom stereocenters. The number of nitrogens with zero attached hydrogens (tertiary/aromatic N) is 1. The predicted octanol–water partition coefficient (Wildman–Crippen LogP) is 2.99. The Morgan fingerprint density at radius 2 is 1.96 bits per heavy atom. The van der Waals surface area contributed by atoms with Gasteiger partial charge in [0.15, 0.2) is 0 Å². The van der Waals surface area contributed by atoms with Crippen molar-refractivity contribution in [3.8, 4) is 0 Å². The van der Waals surface area contributed by atoms with Crippen molar-refractivity contribution in [2.45, 2.75) is 51.6 Å². The molecule has 0 saturated carbocycles. The summed E-state index contributed by atoms with van der Waals surface area (Å²) in [4.78, 5) is 26.0. The minimum absolute atomic E-state index is 0.0360. The Balaban J connectivity index is 1.70. The molecule has 142 valence electrons. The van der Waals surface area contributed by atoms with E-state index in [1.165, 1.54) is 6.07 Å². The summed E-state index contributed by atoms with van der Waals surface area (Å²) in [5, 5.41) is 2.84. The number of piperidine rings is 1.